The van der Waals surface area contributed by atoms with Crippen LogP contribution in [-0.4, -0.2) is 27.9 Å². The molecule has 1 aliphatic carbocycles. The Morgan fingerprint density at radius 2 is 1.75 bits per heavy atom. The molecule has 2 aromatic carbocycles. The lowest BCUT2D eigenvalue weighted by atomic mass is 10.0. The van der Waals surface area contributed by atoms with E-state index < -0.39 is 41.8 Å². The highest BCUT2D eigenvalue weighted by Crippen LogP contribution is 2.30. The van der Waals surface area contributed by atoms with Crippen molar-refractivity contribution in [2.45, 2.75) is 21.0 Å². The minimum Gasteiger partial charge on any atom is -0.443 e. The molecule has 3 aromatic rings. The highest BCUT2D eigenvalue weighted by Gasteiger charge is 2.42. The third-order valence-electron chi connectivity index (χ3n) is 4.63. The number of hydrogen-bond donors (Lipinski definition) is 2. The maximum absolute atomic E-state index is 13.3. The molecule has 0 aliphatic heterocycles. The number of para-hydroxylation sites is 1. The molecule has 7 nitrogen and oxygen atoms in total. The van der Waals surface area contributed by atoms with Crippen LogP contribution in [0.2, 0.25) is 5.02 Å². The highest BCUT2D eigenvalue weighted by molar-refractivity contribution is 7.90. The van der Waals surface area contributed by atoms with Gasteiger partial charge in [-0.25, -0.2) is 21.2 Å². The summed E-state index contributed by atoms with van der Waals surface area (Å²) >= 11 is 12.4. The lowest BCUT2D eigenvalue weighted by Gasteiger charge is -2.33. The fourth-order valence-electron chi connectivity index (χ4n) is 3.11. The molecule has 2 N–H and O–H groups in total. The zero-order valence-electron chi connectivity index (χ0n) is 16.0. The van der Waals surface area contributed by atoms with Crippen LogP contribution in [-0.2, 0) is 20.0 Å². The van der Waals surface area contributed by atoms with Crippen molar-refractivity contribution in [2.75, 3.05) is 0 Å². The largest absolute Gasteiger partial charge is 0.443 e. The summed E-state index contributed by atoms with van der Waals surface area (Å²) in [6.45, 7) is 0. The summed E-state index contributed by atoms with van der Waals surface area (Å²) in [6.07, 6.45) is 5.61. The number of allylic oxidation sites excluding steroid dienone is 2. The number of fused-ring (bicyclic) bond motifs is 1. The number of alkyl halides is 1. The number of rotatable bonds is 6. The van der Waals surface area contributed by atoms with Gasteiger partial charge in [0.05, 0.1) is 11.1 Å². The number of benzene rings is 2. The third-order valence-corrected chi connectivity index (χ3v) is 8.46. The summed E-state index contributed by atoms with van der Waals surface area (Å²) in [5, 5.41) is -0.131. The van der Waals surface area contributed by atoms with Gasteiger partial charge in [0.25, 0.3) is 10.0 Å². The molecule has 1 aromatic heterocycles. The maximum Gasteiger partial charge on any atom is 0.274 e. The fourth-order valence-corrected chi connectivity index (χ4v) is 6.62. The van der Waals surface area contributed by atoms with E-state index in [0.717, 1.165) is 18.2 Å². The number of sulfonamides is 2. The number of nitrogens with one attached hydrogen (secondary N) is 2. The molecule has 12 heteroatoms. The van der Waals surface area contributed by atoms with Crippen LogP contribution in [0.1, 0.15) is 0 Å². The molecule has 0 radical (unpaired) electrons. The summed E-state index contributed by atoms with van der Waals surface area (Å²) in [6, 6.07) is 9.60. The van der Waals surface area contributed by atoms with Gasteiger partial charge in [0.1, 0.15) is 21.3 Å². The van der Waals surface area contributed by atoms with Crippen molar-refractivity contribution in [3.05, 3.63) is 83.7 Å². The maximum atomic E-state index is 13.3. The molecule has 0 amide bonds. The Hall–Kier alpha value is -2.21. The molecular weight excluding hydrogens is 502 g/mol. The quantitative estimate of drug-likeness (QED) is 0.381. The van der Waals surface area contributed by atoms with E-state index in [9.17, 15) is 21.2 Å². The second-order valence-electron chi connectivity index (χ2n) is 6.89. The zero-order valence-corrected chi connectivity index (χ0v) is 19.1. The zero-order chi connectivity index (χ0) is 23.1. The molecular formula is C20H15Cl2FN2O5S2. The van der Waals surface area contributed by atoms with Crippen LogP contribution in [0.3, 0.4) is 0 Å². The predicted molar refractivity (Wildman–Crippen MR) is 119 cm³/mol. The molecule has 0 bridgehead atoms. The number of hydrogen-bond acceptors (Lipinski definition) is 5. The minimum atomic E-state index is -4.36. The Morgan fingerprint density at radius 1 is 1.00 bits per heavy atom. The van der Waals surface area contributed by atoms with Crippen LogP contribution in [0.25, 0.3) is 11.0 Å². The van der Waals surface area contributed by atoms with Gasteiger partial charge in [0, 0.05) is 11.5 Å². The summed E-state index contributed by atoms with van der Waals surface area (Å²) in [5.74, 6) is -0.716. The van der Waals surface area contributed by atoms with Gasteiger partial charge in [-0.1, -0.05) is 59.6 Å². The summed E-state index contributed by atoms with van der Waals surface area (Å²) in [5.41, 5.74) is 0.371. The van der Waals surface area contributed by atoms with E-state index in [1.54, 1.807) is 24.3 Å². The molecule has 0 saturated heterocycles. The van der Waals surface area contributed by atoms with Crippen LogP contribution in [0.15, 0.2) is 87.2 Å². The van der Waals surface area contributed by atoms with Gasteiger partial charge in [-0.3, -0.25) is 0 Å². The topological polar surface area (TPSA) is 105 Å². The first-order valence-corrected chi connectivity index (χ1v) is 12.8. The third kappa shape index (κ3) is 4.47. The molecule has 2 atom stereocenters. The summed E-state index contributed by atoms with van der Waals surface area (Å²) in [4.78, 5) is -2.34. The molecule has 0 spiro atoms. The lowest BCUT2D eigenvalue weighted by molar-refractivity contribution is 0.460. The van der Waals surface area contributed by atoms with E-state index in [1.165, 1.54) is 30.4 Å². The Balaban J connectivity index is 1.64. The molecule has 1 aliphatic rings. The molecule has 4 rings (SSSR count). The van der Waals surface area contributed by atoms with Gasteiger partial charge in [0.2, 0.25) is 15.1 Å². The molecule has 168 valence electrons. The van der Waals surface area contributed by atoms with Crippen molar-refractivity contribution >= 4 is 54.2 Å². The average Bonchev–Trinajstić information content (AvgIpc) is 3.14. The van der Waals surface area contributed by atoms with Gasteiger partial charge < -0.3 is 4.42 Å². The van der Waals surface area contributed by atoms with E-state index in [2.05, 4.69) is 9.44 Å². The molecule has 0 saturated carbocycles. The Bertz CT molecular complexity index is 1440. The van der Waals surface area contributed by atoms with E-state index in [-0.39, 0.29) is 10.1 Å². The minimum absolute atomic E-state index is 0.354. The van der Waals surface area contributed by atoms with Gasteiger partial charge >= 0.3 is 0 Å². The molecule has 1 heterocycles. The van der Waals surface area contributed by atoms with Crippen molar-refractivity contribution in [1.29, 1.82) is 0 Å². The normalized spacial score (nSPS) is 21.3. The van der Waals surface area contributed by atoms with Gasteiger partial charge in [-0.05, 0) is 30.3 Å². The Kier molecular flexibility index (Phi) is 5.95. The van der Waals surface area contributed by atoms with Crippen molar-refractivity contribution < 1.29 is 25.6 Å². The standard InChI is InChI=1S/C20H15Cl2FN2O5S2/c21-15-12-14(23)8-9-17(15)31(26,27)25-20(22)10-4-3-7-18(20)24-32(28,29)19-11-13-5-1-2-6-16(13)30-19/h1-12,18,24-25H. The second-order valence-corrected chi connectivity index (χ2v) is 11.2. The van der Waals surface area contributed by atoms with Crippen LogP contribution in [0.4, 0.5) is 4.39 Å². The van der Waals surface area contributed by atoms with E-state index in [1.807, 2.05) is 0 Å². The molecule has 2 unspecified atom stereocenters. The summed E-state index contributed by atoms with van der Waals surface area (Å²) < 4.78 is 74.9. The SMILES string of the molecule is O=S(=O)(NC1C=CC=CC1(Cl)NS(=O)(=O)c1ccc(F)cc1Cl)c1cc2ccccc2o1. The first kappa shape index (κ1) is 23.0. The van der Waals surface area contributed by atoms with Gasteiger partial charge in [-0.15, -0.1) is 0 Å². The first-order chi connectivity index (χ1) is 15.0. The number of furan rings is 1. The van der Waals surface area contributed by atoms with Crippen LogP contribution in [0.5, 0.6) is 0 Å². The predicted octanol–water partition coefficient (Wildman–Crippen LogP) is 3.91. The molecule has 32 heavy (non-hydrogen) atoms. The average molecular weight is 517 g/mol. The van der Waals surface area contributed by atoms with E-state index in [4.69, 9.17) is 27.6 Å². The van der Waals surface area contributed by atoms with Crippen molar-refractivity contribution in [3.63, 3.8) is 0 Å². The van der Waals surface area contributed by atoms with Crippen LogP contribution < -0.4 is 9.44 Å². The second kappa shape index (κ2) is 8.29. The summed E-state index contributed by atoms with van der Waals surface area (Å²) in [7, 11) is -8.59. The van der Waals surface area contributed by atoms with Crippen molar-refractivity contribution in [2.24, 2.45) is 0 Å². The molecule has 0 fully saturated rings. The van der Waals surface area contributed by atoms with E-state index >= 15 is 0 Å². The van der Waals surface area contributed by atoms with Gasteiger partial charge in [-0.2, -0.15) is 9.44 Å². The Labute approximate surface area is 193 Å². The van der Waals surface area contributed by atoms with Crippen molar-refractivity contribution in [1.82, 2.24) is 9.44 Å². The lowest BCUT2D eigenvalue weighted by Crippen LogP contribution is -2.57. The van der Waals surface area contributed by atoms with Gasteiger partial charge in [0.15, 0.2) is 0 Å². The number of halogens is 3. The van der Waals surface area contributed by atoms with E-state index in [0.29, 0.717) is 11.0 Å². The van der Waals surface area contributed by atoms with Crippen LogP contribution in [0, 0.1) is 5.82 Å². The monoisotopic (exact) mass is 516 g/mol. The Morgan fingerprint density at radius 3 is 2.47 bits per heavy atom. The van der Waals surface area contributed by atoms with Crippen LogP contribution >= 0.6 is 23.2 Å². The fraction of sp³-hybridized carbons (Fsp3) is 0.100. The first-order valence-electron chi connectivity index (χ1n) is 9.05. The van der Waals surface area contributed by atoms with Crippen molar-refractivity contribution in [3.8, 4) is 0 Å². The highest BCUT2D eigenvalue weighted by atomic mass is 35.5. The smallest absolute Gasteiger partial charge is 0.274 e.